The monoisotopic (exact) mass is 221 g/mol. The first kappa shape index (κ1) is 11.8. The van der Waals surface area contributed by atoms with E-state index in [2.05, 4.69) is 11.9 Å². The van der Waals surface area contributed by atoms with Crippen LogP contribution in [0.15, 0.2) is 30.9 Å². The fourth-order valence-electron chi connectivity index (χ4n) is 1.11. The maximum absolute atomic E-state index is 11.1. The van der Waals surface area contributed by atoms with Crippen LogP contribution in [-0.4, -0.2) is 24.1 Å². The maximum atomic E-state index is 11.1. The zero-order valence-corrected chi connectivity index (χ0v) is 8.69. The van der Waals surface area contributed by atoms with E-state index in [-0.39, 0.29) is 17.2 Å². The van der Waals surface area contributed by atoms with Gasteiger partial charge in [-0.05, 0) is 24.3 Å². The molecule has 0 aromatic heterocycles. The van der Waals surface area contributed by atoms with Gasteiger partial charge in [0.25, 0.3) is 0 Å². The predicted molar refractivity (Wildman–Crippen MR) is 58.8 cm³/mol. The van der Waals surface area contributed by atoms with Crippen LogP contribution < -0.4 is 10.1 Å². The van der Waals surface area contributed by atoms with Gasteiger partial charge in [0, 0.05) is 0 Å². The van der Waals surface area contributed by atoms with Crippen LogP contribution >= 0.6 is 0 Å². The number of anilines is 1. The largest absolute Gasteiger partial charge is 0.495 e. The molecule has 0 atom stereocenters. The van der Waals surface area contributed by atoms with Crippen molar-refractivity contribution in [3.05, 3.63) is 36.4 Å². The molecule has 0 aliphatic rings. The van der Waals surface area contributed by atoms with Crippen molar-refractivity contribution >= 4 is 17.6 Å². The van der Waals surface area contributed by atoms with E-state index in [9.17, 15) is 9.59 Å². The highest BCUT2D eigenvalue weighted by atomic mass is 16.5. The van der Waals surface area contributed by atoms with Crippen LogP contribution in [0.3, 0.4) is 0 Å². The molecule has 84 valence electrons. The molecule has 1 rings (SSSR count). The van der Waals surface area contributed by atoms with Crippen LogP contribution in [-0.2, 0) is 4.79 Å². The van der Waals surface area contributed by atoms with Gasteiger partial charge in [-0.3, -0.25) is 4.79 Å². The molecule has 0 radical (unpaired) electrons. The van der Waals surface area contributed by atoms with E-state index in [0.717, 1.165) is 6.08 Å². The number of carbonyl (C=O) groups is 2. The van der Waals surface area contributed by atoms with Gasteiger partial charge in [0.2, 0.25) is 5.91 Å². The molecule has 0 saturated heterocycles. The van der Waals surface area contributed by atoms with Crippen molar-refractivity contribution in [2.24, 2.45) is 0 Å². The fourth-order valence-corrected chi connectivity index (χ4v) is 1.11. The first-order chi connectivity index (χ1) is 7.58. The lowest BCUT2D eigenvalue weighted by Gasteiger charge is -2.09. The molecule has 5 heteroatoms. The number of amides is 1. The van der Waals surface area contributed by atoms with Crippen molar-refractivity contribution in [3.63, 3.8) is 0 Å². The number of carbonyl (C=O) groups excluding carboxylic acids is 1. The second-order valence-corrected chi connectivity index (χ2v) is 2.91. The van der Waals surface area contributed by atoms with Gasteiger partial charge in [-0.2, -0.15) is 0 Å². The van der Waals surface area contributed by atoms with Gasteiger partial charge in [-0.1, -0.05) is 6.58 Å². The summed E-state index contributed by atoms with van der Waals surface area (Å²) in [6, 6.07) is 4.17. The van der Waals surface area contributed by atoms with E-state index in [1.54, 1.807) is 0 Å². The summed E-state index contributed by atoms with van der Waals surface area (Å²) in [6.07, 6.45) is 1.12. The third kappa shape index (κ3) is 2.60. The lowest BCUT2D eigenvalue weighted by Crippen LogP contribution is -2.09. The van der Waals surface area contributed by atoms with E-state index in [1.165, 1.54) is 25.3 Å². The Hall–Kier alpha value is -2.30. The van der Waals surface area contributed by atoms with E-state index in [1.807, 2.05) is 0 Å². The molecule has 1 amide bonds. The fraction of sp³-hybridized carbons (Fsp3) is 0.0909. The van der Waals surface area contributed by atoms with Gasteiger partial charge in [-0.25, -0.2) is 4.79 Å². The standard InChI is InChI=1S/C11H11NO4/c1-3-10(13)12-8-5-4-7(11(14)15)6-9(8)16-2/h3-6H,1H2,2H3,(H,12,13)(H,14,15). The topological polar surface area (TPSA) is 75.6 Å². The van der Waals surface area contributed by atoms with Crippen molar-refractivity contribution < 1.29 is 19.4 Å². The Morgan fingerprint density at radius 3 is 2.69 bits per heavy atom. The number of nitrogens with one attached hydrogen (secondary N) is 1. The number of methoxy groups -OCH3 is 1. The molecule has 0 heterocycles. The van der Waals surface area contributed by atoms with E-state index in [4.69, 9.17) is 9.84 Å². The highest BCUT2D eigenvalue weighted by Crippen LogP contribution is 2.25. The number of hydrogen-bond acceptors (Lipinski definition) is 3. The van der Waals surface area contributed by atoms with Gasteiger partial charge in [0.15, 0.2) is 0 Å². The van der Waals surface area contributed by atoms with E-state index >= 15 is 0 Å². The lowest BCUT2D eigenvalue weighted by molar-refractivity contribution is -0.111. The number of carboxylic acids is 1. The van der Waals surface area contributed by atoms with Crippen LogP contribution in [0.2, 0.25) is 0 Å². The highest BCUT2D eigenvalue weighted by Gasteiger charge is 2.09. The van der Waals surface area contributed by atoms with Crippen LogP contribution in [0.5, 0.6) is 5.75 Å². The quantitative estimate of drug-likeness (QED) is 0.756. The van der Waals surface area contributed by atoms with Gasteiger partial charge in [0.05, 0.1) is 18.4 Å². The summed E-state index contributed by atoms with van der Waals surface area (Å²) in [5, 5.41) is 11.3. The third-order valence-electron chi connectivity index (χ3n) is 1.89. The summed E-state index contributed by atoms with van der Waals surface area (Å²) < 4.78 is 4.97. The molecule has 0 aliphatic heterocycles. The molecule has 1 aromatic carbocycles. The van der Waals surface area contributed by atoms with Crippen LogP contribution in [0.1, 0.15) is 10.4 Å². The molecular formula is C11H11NO4. The first-order valence-corrected chi connectivity index (χ1v) is 4.43. The number of hydrogen-bond donors (Lipinski definition) is 2. The molecule has 2 N–H and O–H groups in total. The predicted octanol–water partition coefficient (Wildman–Crippen LogP) is 1.52. The Morgan fingerprint density at radius 1 is 1.50 bits per heavy atom. The van der Waals surface area contributed by atoms with Crippen molar-refractivity contribution in [3.8, 4) is 5.75 Å². The minimum Gasteiger partial charge on any atom is -0.495 e. The molecule has 0 bridgehead atoms. The molecule has 1 aromatic rings. The van der Waals surface area contributed by atoms with Crippen molar-refractivity contribution in [1.29, 1.82) is 0 Å². The number of ether oxygens (including phenoxy) is 1. The molecule has 0 fully saturated rings. The molecular weight excluding hydrogens is 210 g/mol. The zero-order valence-electron chi connectivity index (χ0n) is 8.69. The summed E-state index contributed by atoms with van der Waals surface area (Å²) >= 11 is 0. The second-order valence-electron chi connectivity index (χ2n) is 2.91. The second kappa shape index (κ2) is 4.97. The minimum absolute atomic E-state index is 0.0912. The Morgan fingerprint density at radius 2 is 2.19 bits per heavy atom. The normalized spacial score (nSPS) is 9.31. The number of aromatic carboxylic acids is 1. The van der Waals surface area contributed by atoms with Crippen LogP contribution in [0.4, 0.5) is 5.69 Å². The van der Waals surface area contributed by atoms with E-state index < -0.39 is 5.97 Å². The van der Waals surface area contributed by atoms with Gasteiger partial charge >= 0.3 is 5.97 Å². The molecule has 0 unspecified atom stereocenters. The van der Waals surface area contributed by atoms with Crippen molar-refractivity contribution in [2.75, 3.05) is 12.4 Å². The Labute approximate surface area is 92.3 Å². The summed E-state index contributed by atoms with van der Waals surface area (Å²) in [7, 11) is 1.39. The van der Waals surface area contributed by atoms with Crippen LogP contribution in [0.25, 0.3) is 0 Å². The summed E-state index contributed by atoms with van der Waals surface area (Å²) in [6.45, 7) is 3.31. The minimum atomic E-state index is -1.06. The smallest absolute Gasteiger partial charge is 0.335 e. The average Bonchev–Trinajstić information content (AvgIpc) is 2.29. The van der Waals surface area contributed by atoms with E-state index in [0.29, 0.717) is 5.69 Å². The van der Waals surface area contributed by atoms with Gasteiger partial charge in [-0.15, -0.1) is 0 Å². The van der Waals surface area contributed by atoms with Crippen LogP contribution in [0, 0.1) is 0 Å². The Kier molecular flexibility index (Phi) is 3.66. The number of carboxylic acid groups (broad SMARTS) is 1. The zero-order chi connectivity index (χ0) is 12.1. The number of benzene rings is 1. The maximum Gasteiger partial charge on any atom is 0.335 e. The number of rotatable bonds is 4. The summed E-state index contributed by atoms with van der Waals surface area (Å²) in [4.78, 5) is 21.8. The van der Waals surface area contributed by atoms with Crippen molar-refractivity contribution in [2.45, 2.75) is 0 Å². The average molecular weight is 221 g/mol. The SMILES string of the molecule is C=CC(=O)Nc1ccc(C(=O)O)cc1OC. The first-order valence-electron chi connectivity index (χ1n) is 4.43. The highest BCUT2D eigenvalue weighted by molar-refractivity contribution is 6.00. The summed E-state index contributed by atoms with van der Waals surface area (Å²) in [5.74, 6) is -1.16. The Bertz CT molecular complexity index is 440. The molecule has 16 heavy (non-hydrogen) atoms. The Balaban J connectivity index is 3.06. The summed E-state index contributed by atoms with van der Waals surface area (Å²) in [5.41, 5.74) is 0.492. The molecule has 0 aliphatic carbocycles. The molecule has 0 saturated carbocycles. The molecule has 0 spiro atoms. The van der Waals surface area contributed by atoms with Gasteiger partial charge < -0.3 is 15.2 Å². The van der Waals surface area contributed by atoms with Crippen molar-refractivity contribution in [1.82, 2.24) is 0 Å². The lowest BCUT2D eigenvalue weighted by atomic mass is 10.2. The third-order valence-corrected chi connectivity index (χ3v) is 1.89. The molecule has 5 nitrogen and oxygen atoms in total. The van der Waals surface area contributed by atoms with Gasteiger partial charge in [0.1, 0.15) is 5.75 Å².